The standard InChI is InChI=1S/C27H24F3N9O/c1-3-39-23(10-11-34-39)37-22-15-24(33-16-32-22)38-13-12-31-26(38)36-21-14-18(9-8-17(21)2)35-25(40)19-6-4-5-7-20(19)27(28,29)30/h4-16H,3H2,1-2H3,(H,31,36)(H,35,40)(H,32,33,37). The van der Waals surface area contributed by atoms with Crippen LogP contribution in [0.25, 0.3) is 5.82 Å². The molecule has 0 bridgehead atoms. The predicted octanol–water partition coefficient (Wildman–Crippen LogP) is 5.95. The van der Waals surface area contributed by atoms with Crippen LogP contribution in [0.3, 0.4) is 0 Å². The molecule has 3 N–H and O–H groups in total. The largest absolute Gasteiger partial charge is 0.417 e. The molecule has 13 heteroatoms. The lowest BCUT2D eigenvalue weighted by Gasteiger charge is -2.15. The average Bonchev–Trinajstić information content (AvgIpc) is 3.59. The average molecular weight is 548 g/mol. The first kappa shape index (κ1) is 26.4. The van der Waals surface area contributed by atoms with Crippen LogP contribution in [0.1, 0.15) is 28.4 Å². The second-order valence-corrected chi connectivity index (χ2v) is 8.69. The smallest absolute Gasteiger partial charge is 0.325 e. The van der Waals surface area contributed by atoms with E-state index in [0.717, 1.165) is 23.5 Å². The minimum atomic E-state index is -4.65. The lowest BCUT2D eigenvalue weighted by atomic mass is 10.1. The Morgan fingerprint density at radius 3 is 2.60 bits per heavy atom. The highest BCUT2D eigenvalue weighted by Gasteiger charge is 2.34. The van der Waals surface area contributed by atoms with Gasteiger partial charge in [0.25, 0.3) is 5.91 Å². The Hall–Kier alpha value is -5.20. The molecule has 0 spiro atoms. The third kappa shape index (κ3) is 5.62. The van der Waals surface area contributed by atoms with E-state index in [0.29, 0.717) is 35.5 Å². The van der Waals surface area contributed by atoms with Crippen LogP contribution in [0.4, 0.5) is 42.1 Å². The Morgan fingerprint density at radius 1 is 0.975 bits per heavy atom. The fourth-order valence-corrected chi connectivity index (χ4v) is 4.03. The Kier molecular flexibility index (Phi) is 7.19. The van der Waals surface area contributed by atoms with Crippen LogP contribution in [0, 0.1) is 6.92 Å². The summed E-state index contributed by atoms with van der Waals surface area (Å²) in [5.41, 5.74) is 0.262. The van der Waals surface area contributed by atoms with Gasteiger partial charge >= 0.3 is 6.18 Å². The van der Waals surface area contributed by atoms with Gasteiger partial charge in [-0.15, -0.1) is 0 Å². The molecule has 0 fully saturated rings. The van der Waals surface area contributed by atoms with Gasteiger partial charge in [-0.3, -0.25) is 9.36 Å². The number of nitrogens with one attached hydrogen (secondary N) is 3. The Balaban J connectivity index is 1.37. The molecule has 0 atom stereocenters. The molecule has 0 aliphatic heterocycles. The van der Waals surface area contributed by atoms with E-state index in [2.05, 4.69) is 36.0 Å². The lowest BCUT2D eigenvalue weighted by molar-refractivity contribution is -0.137. The molecule has 3 heterocycles. The monoisotopic (exact) mass is 547 g/mol. The van der Waals surface area contributed by atoms with E-state index in [1.54, 1.807) is 52.1 Å². The minimum absolute atomic E-state index is 0.314. The zero-order chi connectivity index (χ0) is 28.3. The number of anilines is 5. The van der Waals surface area contributed by atoms with Crippen molar-refractivity contribution in [2.75, 3.05) is 16.0 Å². The number of carbonyl (C=O) groups is 1. The molecule has 5 aromatic rings. The quantitative estimate of drug-likeness (QED) is 0.220. The molecule has 5 rings (SSSR count). The first-order valence-electron chi connectivity index (χ1n) is 12.2. The van der Waals surface area contributed by atoms with E-state index >= 15 is 0 Å². The zero-order valence-corrected chi connectivity index (χ0v) is 21.4. The molecular weight excluding hydrogens is 523 g/mol. The molecule has 1 amide bonds. The molecular formula is C27H24F3N9O. The van der Waals surface area contributed by atoms with Crippen molar-refractivity contribution in [2.45, 2.75) is 26.6 Å². The molecule has 204 valence electrons. The Labute approximate surface area is 226 Å². The number of halogens is 3. The van der Waals surface area contributed by atoms with Crippen molar-refractivity contribution in [2.24, 2.45) is 0 Å². The Morgan fingerprint density at radius 2 is 1.80 bits per heavy atom. The molecule has 0 unspecified atom stereocenters. The summed E-state index contributed by atoms with van der Waals surface area (Å²) >= 11 is 0. The first-order valence-corrected chi connectivity index (χ1v) is 12.2. The van der Waals surface area contributed by atoms with Gasteiger partial charge in [-0.2, -0.15) is 18.3 Å². The molecule has 40 heavy (non-hydrogen) atoms. The van der Waals surface area contributed by atoms with Crippen molar-refractivity contribution in [1.29, 1.82) is 0 Å². The highest BCUT2D eigenvalue weighted by Crippen LogP contribution is 2.32. The van der Waals surface area contributed by atoms with E-state index in [1.165, 1.54) is 18.5 Å². The van der Waals surface area contributed by atoms with E-state index in [9.17, 15) is 18.0 Å². The third-order valence-corrected chi connectivity index (χ3v) is 6.03. The second kappa shape index (κ2) is 10.9. The summed E-state index contributed by atoms with van der Waals surface area (Å²) in [5, 5.41) is 13.2. The number of aromatic nitrogens is 6. The predicted molar refractivity (Wildman–Crippen MR) is 144 cm³/mol. The van der Waals surface area contributed by atoms with Crippen LogP contribution in [-0.4, -0.2) is 35.2 Å². The summed E-state index contributed by atoms with van der Waals surface area (Å²) in [6, 6.07) is 13.2. The number of alkyl halides is 3. The summed E-state index contributed by atoms with van der Waals surface area (Å²) in [6.07, 6.45) is 1.78. The van der Waals surface area contributed by atoms with Crippen molar-refractivity contribution in [3.05, 3.63) is 96.2 Å². The van der Waals surface area contributed by atoms with Gasteiger partial charge in [0.2, 0.25) is 5.95 Å². The van der Waals surface area contributed by atoms with Crippen molar-refractivity contribution >= 4 is 34.9 Å². The van der Waals surface area contributed by atoms with Crippen molar-refractivity contribution < 1.29 is 18.0 Å². The maximum absolute atomic E-state index is 13.4. The summed E-state index contributed by atoms with van der Waals surface area (Å²) in [5.74, 6) is 1.43. The summed E-state index contributed by atoms with van der Waals surface area (Å²) in [6.45, 7) is 4.53. The molecule has 0 saturated heterocycles. The molecule has 2 aromatic carbocycles. The Bertz CT molecular complexity index is 1660. The van der Waals surface area contributed by atoms with Crippen LogP contribution in [0.5, 0.6) is 0 Å². The summed E-state index contributed by atoms with van der Waals surface area (Å²) < 4.78 is 43.7. The minimum Gasteiger partial charge on any atom is -0.325 e. The van der Waals surface area contributed by atoms with Gasteiger partial charge in [0, 0.05) is 42.4 Å². The number of carbonyl (C=O) groups excluding carboxylic acids is 1. The maximum Gasteiger partial charge on any atom is 0.417 e. The topological polar surface area (TPSA) is 115 Å². The van der Waals surface area contributed by atoms with Crippen molar-refractivity contribution in [3.8, 4) is 5.82 Å². The van der Waals surface area contributed by atoms with E-state index in [1.807, 2.05) is 19.9 Å². The first-order chi connectivity index (χ1) is 19.2. The second-order valence-electron chi connectivity index (χ2n) is 8.69. The van der Waals surface area contributed by atoms with Gasteiger partial charge in [0.05, 0.1) is 17.3 Å². The normalized spacial score (nSPS) is 11.3. The number of aryl methyl sites for hydroxylation is 2. The molecule has 0 saturated carbocycles. The highest BCUT2D eigenvalue weighted by molar-refractivity contribution is 6.05. The fraction of sp³-hybridized carbons (Fsp3) is 0.148. The van der Waals surface area contributed by atoms with Gasteiger partial charge in [-0.05, 0) is 43.7 Å². The number of amides is 1. The molecule has 3 aromatic heterocycles. The number of imidazole rings is 1. The van der Waals surface area contributed by atoms with Crippen LogP contribution in [-0.2, 0) is 12.7 Å². The number of benzene rings is 2. The number of nitrogens with zero attached hydrogens (tertiary/aromatic N) is 6. The van der Waals surface area contributed by atoms with Crippen molar-refractivity contribution in [1.82, 2.24) is 29.3 Å². The van der Waals surface area contributed by atoms with Crippen molar-refractivity contribution in [3.63, 3.8) is 0 Å². The zero-order valence-electron chi connectivity index (χ0n) is 21.4. The summed E-state index contributed by atoms with van der Waals surface area (Å²) in [7, 11) is 0. The number of rotatable bonds is 8. The van der Waals surface area contributed by atoms with Gasteiger partial charge < -0.3 is 16.0 Å². The summed E-state index contributed by atoms with van der Waals surface area (Å²) in [4.78, 5) is 25.8. The van der Waals surface area contributed by atoms with Gasteiger partial charge in [-0.25, -0.2) is 19.6 Å². The van der Waals surface area contributed by atoms with E-state index in [4.69, 9.17) is 0 Å². The molecule has 0 aliphatic rings. The molecule has 0 aliphatic carbocycles. The maximum atomic E-state index is 13.4. The van der Waals surface area contributed by atoms with Gasteiger partial charge in [-0.1, -0.05) is 18.2 Å². The SMILES string of the molecule is CCn1nccc1Nc1cc(-n2ccnc2Nc2cc(NC(=O)c3ccccc3C(F)(F)F)ccc2C)ncn1. The fourth-order valence-electron chi connectivity index (χ4n) is 4.03. The van der Waals surface area contributed by atoms with Crippen LogP contribution in [0.2, 0.25) is 0 Å². The van der Waals surface area contributed by atoms with Crippen LogP contribution in [0.15, 0.2) is 79.5 Å². The van der Waals surface area contributed by atoms with E-state index in [-0.39, 0.29) is 0 Å². The number of hydrogen-bond donors (Lipinski definition) is 3. The third-order valence-electron chi connectivity index (χ3n) is 6.03. The van der Waals surface area contributed by atoms with Gasteiger partial charge in [0.15, 0.2) is 0 Å². The molecule has 0 radical (unpaired) electrons. The molecule has 10 nitrogen and oxygen atoms in total. The highest BCUT2D eigenvalue weighted by atomic mass is 19.4. The van der Waals surface area contributed by atoms with Crippen LogP contribution < -0.4 is 16.0 Å². The van der Waals surface area contributed by atoms with Gasteiger partial charge in [0.1, 0.15) is 23.8 Å². The number of hydrogen-bond acceptors (Lipinski definition) is 7. The lowest BCUT2D eigenvalue weighted by Crippen LogP contribution is -2.18. The van der Waals surface area contributed by atoms with Crippen LogP contribution >= 0.6 is 0 Å². The van der Waals surface area contributed by atoms with E-state index < -0.39 is 23.2 Å².